The number of nitrogens with two attached hydrogens (primary N) is 2. The highest BCUT2D eigenvalue weighted by molar-refractivity contribution is 5.77. The standard InChI is InChI=1S/C16H26N4O2/c1-2-3-4-5-9-19-16(18)20-11-13-7-6-8-14(10-13)22-12-15(17)21/h6-8,10H,2-5,9,11-12H2,1H3,(H2,17,21)(H3,18,19,20). The number of hydrogen-bond donors (Lipinski definition) is 3. The second kappa shape index (κ2) is 10.5. The molecular weight excluding hydrogens is 280 g/mol. The molecule has 0 heterocycles. The zero-order chi connectivity index (χ0) is 16.2. The Kier molecular flexibility index (Phi) is 8.49. The Morgan fingerprint density at radius 3 is 2.82 bits per heavy atom. The summed E-state index contributed by atoms with van der Waals surface area (Å²) < 4.78 is 5.25. The molecule has 0 atom stereocenters. The molecule has 0 saturated heterocycles. The van der Waals surface area contributed by atoms with E-state index in [0.717, 1.165) is 18.5 Å². The molecule has 1 aromatic carbocycles. The molecule has 0 aliphatic carbocycles. The van der Waals surface area contributed by atoms with Gasteiger partial charge >= 0.3 is 0 Å². The highest BCUT2D eigenvalue weighted by Gasteiger charge is 1.99. The van der Waals surface area contributed by atoms with Crippen LogP contribution in [0.5, 0.6) is 5.75 Å². The van der Waals surface area contributed by atoms with Gasteiger partial charge in [-0.05, 0) is 24.1 Å². The van der Waals surface area contributed by atoms with Gasteiger partial charge in [-0.15, -0.1) is 0 Å². The summed E-state index contributed by atoms with van der Waals surface area (Å²) in [4.78, 5) is 15.0. The summed E-state index contributed by atoms with van der Waals surface area (Å²) in [5, 5.41) is 3.10. The monoisotopic (exact) mass is 306 g/mol. The van der Waals surface area contributed by atoms with Crippen molar-refractivity contribution >= 4 is 11.9 Å². The summed E-state index contributed by atoms with van der Waals surface area (Å²) in [6.45, 7) is 3.36. The topological polar surface area (TPSA) is 103 Å². The Morgan fingerprint density at radius 2 is 2.09 bits per heavy atom. The van der Waals surface area contributed by atoms with Gasteiger partial charge < -0.3 is 21.5 Å². The van der Waals surface area contributed by atoms with Gasteiger partial charge in [0.2, 0.25) is 0 Å². The highest BCUT2D eigenvalue weighted by atomic mass is 16.5. The average Bonchev–Trinajstić information content (AvgIpc) is 2.51. The number of aliphatic imine (C=N–C) groups is 1. The highest BCUT2D eigenvalue weighted by Crippen LogP contribution is 2.13. The molecular formula is C16H26N4O2. The quantitative estimate of drug-likeness (QED) is 0.346. The summed E-state index contributed by atoms with van der Waals surface area (Å²) in [7, 11) is 0. The van der Waals surface area contributed by atoms with Crippen LogP contribution in [-0.2, 0) is 11.3 Å². The molecule has 22 heavy (non-hydrogen) atoms. The number of rotatable bonds is 10. The first-order valence-corrected chi connectivity index (χ1v) is 7.65. The molecule has 0 spiro atoms. The molecule has 0 aliphatic rings. The fourth-order valence-corrected chi connectivity index (χ4v) is 1.89. The molecule has 1 aromatic rings. The minimum atomic E-state index is -0.500. The molecule has 0 fully saturated rings. The normalized spacial score (nSPS) is 11.2. The Hall–Kier alpha value is -2.24. The van der Waals surface area contributed by atoms with E-state index in [2.05, 4.69) is 17.2 Å². The maximum atomic E-state index is 10.7. The third-order valence-corrected chi connectivity index (χ3v) is 3.05. The fourth-order valence-electron chi connectivity index (χ4n) is 1.89. The fraction of sp³-hybridized carbons (Fsp3) is 0.500. The minimum absolute atomic E-state index is 0.131. The van der Waals surface area contributed by atoms with E-state index in [1.165, 1.54) is 19.3 Å². The van der Waals surface area contributed by atoms with Gasteiger partial charge in [-0.3, -0.25) is 4.79 Å². The van der Waals surface area contributed by atoms with Gasteiger partial charge in [0.15, 0.2) is 12.6 Å². The molecule has 1 rings (SSSR count). The van der Waals surface area contributed by atoms with Crippen molar-refractivity contribution in [3.05, 3.63) is 29.8 Å². The van der Waals surface area contributed by atoms with Gasteiger partial charge in [-0.1, -0.05) is 38.3 Å². The lowest BCUT2D eigenvalue weighted by molar-refractivity contribution is -0.119. The second-order valence-electron chi connectivity index (χ2n) is 5.09. The Bertz CT molecular complexity index is 489. The summed E-state index contributed by atoms with van der Waals surface area (Å²) in [5.41, 5.74) is 11.8. The van der Waals surface area contributed by atoms with Crippen LogP contribution in [0, 0.1) is 0 Å². The van der Waals surface area contributed by atoms with Crippen LogP contribution in [0.4, 0.5) is 0 Å². The average molecular weight is 306 g/mol. The molecule has 122 valence electrons. The van der Waals surface area contributed by atoms with Crippen molar-refractivity contribution in [3.8, 4) is 5.75 Å². The molecule has 6 nitrogen and oxygen atoms in total. The number of ether oxygens (including phenoxy) is 1. The molecule has 0 aromatic heterocycles. The van der Waals surface area contributed by atoms with Crippen LogP contribution in [0.15, 0.2) is 29.3 Å². The molecule has 0 unspecified atom stereocenters. The van der Waals surface area contributed by atoms with Gasteiger partial charge in [0.1, 0.15) is 5.75 Å². The number of carbonyl (C=O) groups excluding carboxylic acids is 1. The zero-order valence-corrected chi connectivity index (χ0v) is 13.2. The molecule has 1 amide bonds. The van der Waals surface area contributed by atoms with Crippen molar-refractivity contribution < 1.29 is 9.53 Å². The van der Waals surface area contributed by atoms with Crippen LogP contribution in [0.3, 0.4) is 0 Å². The van der Waals surface area contributed by atoms with Crippen LogP contribution in [0.1, 0.15) is 38.2 Å². The van der Waals surface area contributed by atoms with Crippen molar-refractivity contribution in [2.24, 2.45) is 16.5 Å². The van der Waals surface area contributed by atoms with Gasteiger partial charge in [-0.2, -0.15) is 0 Å². The van der Waals surface area contributed by atoms with Crippen LogP contribution in [0.2, 0.25) is 0 Å². The van der Waals surface area contributed by atoms with E-state index in [-0.39, 0.29) is 6.61 Å². The lowest BCUT2D eigenvalue weighted by Gasteiger charge is -2.07. The maximum absolute atomic E-state index is 10.7. The molecule has 0 saturated carbocycles. The number of hydrogen-bond acceptors (Lipinski definition) is 3. The van der Waals surface area contributed by atoms with Crippen LogP contribution >= 0.6 is 0 Å². The number of benzene rings is 1. The zero-order valence-electron chi connectivity index (χ0n) is 13.2. The second-order valence-corrected chi connectivity index (χ2v) is 5.09. The van der Waals surface area contributed by atoms with E-state index in [4.69, 9.17) is 16.2 Å². The Labute approximate surface area is 131 Å². The number of carbonyl (C=O) groups is 1. The van der Waals surface area contributed by atoms with E-state index in [1.54, 1.807) is 6.07 Å². The van der Waals surface area contributed by atoms with E-state index < -0.39 is 5.91 Å². The van der Waals surface area contributed by atoms with Gasteiger partial charge in [0.25, 0.3) is 5.91 Å². The predicted octanol–water partition coefficient (Wildman–Crippen LogP) is 1.54. The first kappa shape index (κ1) is 17.8. The van der Waals surface area contributed by atoms with E-state index in [1.807, 2.05) is 18.2 Å². The number of guanidine groups is 1. The Balaban J connectivity index is 2.37. The van der Waals surface area contributed by atoms with Crippen molar-refractivity contribution in [1.82, 2.24) is 5.32 Å². The molecule has 6 heteroatoms. The summed E-state index contributed by atoms with van der Waals surface area (Å²) in [6.07, 6.45) is 4.77. The number of nitrogens with zero attached hydrogens (tertiary/aromatic N) is 1. The molecule has 0 bridgehead atoms. The lowest BCUT2D eigenvalue weighted by atomic mass is 10.2. The first-order valence-electron chi connectivity index (χ1n) is 7.65. The van der Waals surface area contributed by atoms with Crippen molar-refractivity contribution in [2.75, 3.05) is 13.2 Å². The molecule has 5 N–H and O–H groups in total. The largest absolute Gasteiger partial charge is 0.484 e. The van der Waals surface area contributed by atoms with Crippen LogP contribution in [-0.4, -0.2) is 25.0 Å². The SMILES string of the molecule is CCCCCCNC(N)=NCc1cccc(OCC(N)=O)c1. The lowest BCUT2D eigenvalue weighted by Crippen LogP contribution is -2.32. The summed E-state index contributed by atoms with van der Waals surface area (Å²) >= 11 is 0. The molecule has 0 radical (unpaired) electrons. The minimum Gasteiger partial charge on any atom is -0.484 e. The van der Waals surface area contributed by atoms with E-state index >= 15 is 0 Å². The summed E-state index contributed by atoms with van der Waals surface area (Å²) in [5.74, 6) is 0.539. The third-order valence-electron chi connectivity index (χ3n) is 3.05. The third kappa shape index (κ3) is 8.14. The Morgan fingerprint density at radius 1 is 1.27 bits per heavy atom. The number of unbranched alkanes of at least 4 members (excludes halogenated alkanes) is 3. The van der Waals surface area contributed by atoms with Crippen molar-refractivity contribution in [2.45, 2.75) is 39.2 Å². The van der Waals surface area contributed by atoms with Crippen molar-refractivity contribution in [1.29, 1.82) is 0 Å². The smallest absolute Gasteiger partial charge is 0.255 e. The number of nitrogens with one attached hydrogen (secondary N) is 1. The van der Waals surface area contributed by atoms with Crippen molar-refractivity contribution in [3.63, 3.8) is 0 Å². The predicted molar refractivity (Wildman–Crippen MR) is 88.6 cm³/mol. The van der Waals surface area contributed by atoms with Gasteiger partial charge in [0.05, 0.1) is 6.54 Å². The van der Waals surface area contributed by atoms with E-state index in [9.17, 15) is 4.79 Å². The van der Waals surface area contributed by atoms with Crippen LogP contribution in [0.25, 0.3) is 0 Å². The van der Waals surface area contributed by atoms with Gasteiger partial charge in [-0.25, -0.2) is 4.99 Å². The number of primary amides is 1. The van der Waals surface area contributed by atoms with E-state index in [0.29, 0.717) is 18.3 Å². The maximum Gasteiger partial charge on any atom is 0.255 e. The van der Waals surface area contributed by atoms with Gasteiger partial charge in [0, 0.05) is 6.54 Å². The molecule has 0 aliphatic heterocycles. The first-order chi connectivity index (χ1) is 10.6. The number of amides is 1. The summed E-state index contributed by atoms with van der Waals surface area (Å²) in [6, 6.07) is 7.36. The van der Waals surface area contributed by atoms with Crippen LogP contribution < -0.4 is 21.5 Å².